The van der Waals surface area contributed by atoms with Gasteiger partial charge in [-0.3, -0.25) is 10.0 Å². The molecule has 1 aromatic carbocycles. The van der Waals surface area contributed by atoms with Crippen LogP contribution in [0, 0.1) is 5.41 Å². The highest BCUT2D eigenvalue weighted by molar-refractivity contribution is 5.84. The van der Waals surface area contributed by atoms with E-state index in [1.807, 2.05) is 37.3 Å². The van der Waals surface area contributed by atoms with Crippen molar-refractivity contribution in [3.63, 3.8) is 0 Å². The highest BCUT2D eigenvalue weighted by Crippen LogP contribution is 2.49. The Morgan fingerprint density at radius 1 is 1.38 bits per heavy atom. The third-order valence-electron chi connectivity index (χ3n) is 3.39. The number of hydroxylamine groups is 2. The monoisotopic (exact) mass is 219 g/mol. The van der Waals surface area contributed by atoms with Crippen LogP contribution in [-0.4, -0.2) is 16.2 Å². The summed E-state index contributed by atoms with van der Waals surface area (Å²) in [6, 6.07) is 9.53. The first-order chi connectivity index (χ1) is 7.68. The summed E-state index contributed by atoms with van der Waals surface area (Å²) in [4.78, 5) is 11.9. The van der Waals surface area contributed by atoms with Crippen LogP contribution < -0.4 is 0 Å². The van der Waals surface area contributed by atoms with Gasteiger partial charge in [0.25, 0.3) is 5.91 Å². The summed E-state index contributed by atoms with van der Waals surface area (Å²) in [5.74, 6) is -0.126. The molecule has 0 aromatic heterocycles. The molecule has 0 radical (unpaired) electrons. The first-order valence-electron chi connectivity index (χ1n) is 5.73. The fraction of sp³-hybridized carbons (Fsp3) is 0.462. The zero-order chi connectivity index (χ0) is 11.6. The molecule has 86 valence electrons. The normalized spacial score (nSPS) is 16.9. The summed E-state index contributed by atoms with van der Waals surface area (Å²) >= 11 is 0. The molecule has 0 saturated heterocycles. The van der Waals surface area contributed by atoms with Gasteiger partial charge in [-0.25, -0.2) is 5.06 Å². The fourth-order valence-corrected chi connectivity index (χ4v) is 1.97. The van der Waals surface area contributed by atoms with E-state index >= 15 is 0 Å². The van der Waals surface area contributed by atoms with Crippen LogP contribution in [0.15, 0.2) is 30.3 Å². The maximum atomic E-state index is 11.9. The highest BCUT2D eigenvalue weighted by Gasteiger charge is 2.49. The molecule has 16 heavy (non-hydrogen) atoms. The van der Waals surface area contributed by atoms with Gasteiger partial charge < -0.3 is 0 Å². The van der Waals surface area contributed by atoms with Crippen molar-refractivity contribution >= 4 is 5.91 Å². The van der Waals surface area contributed by atoms with Crippen molar-refractivity contribution in [1.82, 2.24) is 5.06 Å². The minimum Gasteiger partial charge on any atom is -0.286 e. The quantitative estimate of drug-likeness (QED) is 0.624. The number of carbonyl (C=O) groups excluding carboxylic acids is 1. The first kappa shape index (κ1) is 11.1. The number of nitrogens with zero attached hydrogens (tertiary/aromatic N) is 1. The molecule has 3 nitrogen and oxygen atoms in total. The molecule has 1 saturated carbocycles. The maximum absolute atomic E-state index is 11.9. The molecule has 1 aliphatic carbocycles. The molecule has 1 amide bonds. The third-order valence-corrected chi connectivity index (χ3v) is 3.39. The lowest BCUT2D eigenvalue weighted by Gasteiger charge is -2.20. The number of benzene rings is 1. The van der Waals surface area contributed by atoms with Gasteiger partial charge in [0.1, 0.15) is 0 Å². The molecule has 3 heteroatoms. The van der Waals surface area contributed by atoms with Crippen molar-refractivity contribution in [2.24, 2.45) is 5.41 Å². The molecule has 0 heterocycles. The van der Waals surface area contributed by atoms with E-state index in [1.165, 1.54) is 0 Å². The average Bonchev–Trinajstić information content (AvgIpc) is 3.10. The molecule has 1 aromatic rings. The zero-order valence-electron chi connectivity index (χ0n) is 9.52. The second-order valence-electron chi connectivity index (χ2n) is 4.48. The van der Waals surface area contributed by atoms with Crippen molar-refractivity contribution in [2.45, 2.75) is 32.7 Å². The zero-order valence-corrected chi connectivity index (χ0v) is 9.52. The van der Waals surface area contributed by atoms with Gasteiger partial charge in [-0.1, -0.05) is 37.3 Å². The van der Waals surface area contributed by atoms with Gasteiger partial charge >= 0.3 is 0 Å². The average molecular weight is 219 g/mol. The fourth-order valence-electron chi connectivity index (χ4n) is 1.97. The van der Waals surface area contributed by atoms with Crippen LogP contribution in [0.2, 0.25) is 0 Å². The van der Waals surface area contributed by atoms with Gasteiger partial charge in [0.05, 0.1) is 12.0 Å². The molecule has 1 N–H and O–H groups in total. The van der Waals surface area contributed by atoms with Crippen LogP contribution in [-0.2, 0) is 11.3 Å². The Hall–Kier alpha value is -1.35. The number of hydrogen-bond acceptors (Lipinski definition) is 2. The van der Waals surface area contributed by atoms with Gasteiger partial charge in [0.15, 0.2) is 0 Å². The largest absolute Gasteiger partial charge is 0.286 e. The van der Waals surface area contributed by atoms with Crippen LogP contribution in [0.1, 0.15) is 31.7 Å². The SMILES string of the molecule is CCC1(C(=O)N(O)Cc2ccccc2)CC1. The summed E-state index contributed by atoms with van der Waals surface area (Å²) in [5, 5.41) is 10.6. The molecule has 0 aliphatic heterocycles. The number of carbonyl (C=O) groups is 1. The molecule has 1 fully saturated rings. The summed E-state index contributed by atoms with van der Waals surface area (Å²) in [5.41, 5.74) is 0.689. The molecule has 0 spiro atoms. The summed E-state index contributed by atoms with van der Waals surface area (Å²) in [7, 11) is 0. The minimum atomic E-state index is -0.260. The lowest BCUT2D eigenvalue weighted by atomic mass is 10.0. The minimum absolute atomic E-state index is 0.126. The Kier molecular flexibility index (Phi) is 2.97. The summed E-state index contributed by atoms with van der Waals surface area (Å²) in [6.07, 6.45) is 2.64. The topological polar surface area (TPSA) is 40.5 Å². The Labute approximate surface area is 95.6 Å². The Morgan fingerprint density at radius 3 is 2.50 bits per heavy atom. The molecule has 0 unspecified atom stereocenters. The van der Waals surface area contributed by atoms with Crippen LogP contribution in [0.3, 0.4) is 0 Å². The molecule has 2 rings (SSSR count). The second-order valence-corrected chi connectivity index (χ2v) is 4.48. The number of hydrogen-bond donors (Lipinski definition) is 1. The second kappa shape index (κ2) is 4.26. The number of rotatable bonds is 4. The lowest BCUT2D eigenvalue weighted by molar-refractivity contribution is -0.174. The summed E-state index contributed by atoms with van der Waals surface area (Å²) < 4.78 is 0. The Bertz CT molecular complexity index is 371. The Morgan fingerprint density at radius 2 is 2.00 bits per heavy atom. The van der Waals surface area contributed by atoms with E-state index in [-0.39, 0.29) is 17.9 Å². The highest BCUT2D eigenvalue weighted by atomic mass is 16.5. The third kappa shape index (κ3) is 2.09. The Balaban J connectivity index is 1.99. The molecule has 0 bridgehead atoms. The van der Waals surface area contributed by atoms with Crippen molar-refractivity contribution in [1.29, 1.82) is 0 Å². The predicted octanol–water partition coefficient (Wildman–Crippen LogP) is 2.59. The van der Waals surface area contributed by atoms with Crippen LogP contribution in [0.5, 0.6) is 0 Å². The van der Waals surface area contributed by atoms with E-state index in [9.17, 15) is 10.0 Å². The molecule has 1 aliphatic rings. The van der Waals surface area contributed by atoms with E-state index in [2.05, 4.69) is 0 Å². The van der Waals surface area contributed by atoms with Crippen molar-refractivity contribution in [3.05, 3.63) is 35.9 Å². The van der Waals surface area contributed by atoms with Gasteiger partial charge in [-0.15, -0.1) is 0 Å². The van der Waals surface area contributed by atoms with Crippen LogP contribution in [0.25, 0.3) is 0 Å². The van der Waals surface area contributed by atoms with Crippen molar-refractivity contribution in [3.8, 4) is 0 Å². The van der Waals surface area contributed by atoms with Crippen LogP contribution >= 0.6 is 0 Å². The van der Waals surface area contributed by atoms with Crippen LogP contribution in [0.4, 0.5) is 0 Å². The standard InChI is InChI=1S/C13H17NO2/c1-2-13(8-9-13)12(15)14(16)10-11-6-4-3-5-7-11/h3-7,16H,2,8-10H2,1H3. The maximum Gasteiger partial charge on any atom is 0.252 e. The first-order valence-corrected chi connectivity index (χ1v) is 5.73. The van der Waals surface area contributed by atoms with E-state index < -0.39 is 0 Å². The molecule has 0 atom stereocenters. The number of amides is 1. The smallest absolute Gasteiger partial charge is 0.252 e. The van der Waals surface area contributed by atoms with E-state index in [4.69, 9.17) is 0 Å². The van der Waals surface area contributed by atoms with E-state index in [0.29, 0.717) is 0 Å². The van der Waals surface area contributed by atoms with Crippen molar-refractivity contribution < 1.29 is 10.0 Å². The van der Waals surface area contributed by atoms with E-state index in [1.54, 1.807) is 0 Å². The van der Waals surface area contributed by atoms with Gasteiger partial charge in [0.2, 0.25) is 0 Å². The van der Waals surface area contributed by atoms with Gasteiger partial charge in [0, 0.05) is 0 Å². The van der Waals surface area contributed by atoms with E-state index in [0.717, 1.165) is 29.9 Å². The van der Waals surface area contributed by atoms with Crippen molar-refractivity contribution in [2.75, 3.05) is 0 Å². The summed E-state index contributed by atoms with van der Waals surface area (Å²) in [6.45, 7) is 2.28. The lowest BCUT2D eigenvalue weighted by Crippen LogP contribution is -2.33. The van der Waals surface area contributed by atoms with Gasteiger partial charge in [-0.2, -0.15) is 0 Å². The molecular weight excluding hydrogens is 202 g/mol. The molecular formula is C13H17NO2. The predicted molar refractivity (Wildman–Crippen MR) is 60.7 cm³/mol. The van der Waals surface area contributed by atoms with Gasteiger partial charge in [-0.05, 0) is 24.8 Å².